The molecule has 0 bridgehead atoms. The number of rotatable bonds is 10. The minimum Gasteiger partial charge on any atom is -0.368 e. The highest BCUT2D eigenvalue weighted by molar-refractivity contribution is 7.99. The highest BCUT2D eigenvalue weighted by Gasteiger charge is 2.38. The Hall–Kier alpha value is -2.51. The molecule has 0 radical (unpaired) electrons. The largest absolute Gasteiger partial charge is 0.368 e. The SMILES string of the molecule is CCCSc1ccccc1N1CCN(CCCCN2C(=O)NC(c3ccccc3)C2=O)CC1. The van der Waals surface area contributed by atoms with Crippen LogP contribution in [0.25, 0.3) is 0 Å². The van der Waals surface area contributed by atoms with Gasteiger partial charge in [0.2, 0.25) is 0 Å². The maximum Gasteiger partial charge on any atom is 0.325 e. The predicted octanol–water partition coefficient (Wildman–Crippen LogP) is 4.38. The van der Waals surface area contributed by atoms with Crippen LogP contribution in [0.2, 0.25) is 0 Å². The second-order valence-corrected chi connectivity index (χ2v) is 9.77. The van der Waals surface area contributed by atoms with Crippen LogP contribution in [0.3, 0.4) is 0 Å². The number of benzene rings is 2. The van der Waals surface area contributed by atoms with Crippen LogP contribution in [-0.2, 0) is 4.79 Å². The third-order valence-electron chi connectivity index (χ3n) is 6.30. The topological polar surface area (TPSA) is 55.9 Å². The van der Waals surface area contributed by atoms with Crippen LogP contribution in [-0.4, -0.2) is 66.8 Å². The Bertz CT molecular complexity index is 931. The van der Waals surface area contributed by atoms with Crippen LogP contribution < -0.4 is 10.2 Å². The Kier molecular flexibility index (Phi) is 8.29. The van der Waals surface area contributed by atoms with Gasteiger partial charge in [0.1, 0.15) is 6.04 Å². The molecule has 2 saturated heterocycles. The van der Waals surface area contributed by atoms with E-state index in [4.69, 9.17) is 0 Å². The molecule has 1 N–H and O–H groups in total. The molecule has 2 aliphatic rings. The molecule has 1 atom stereocenters. The van der Waals surface area contributed by atoms with Gasteiger partial charge in [-0.25, -0.2) is 4.79 Å². The third-order valence-corrected chi connectivity index (χ3v) is 7.57. The lowest BCUT2D eigenvalue weighted by atomic mass is 10.1. The smallest absolute Gasteiger partial charge is 0.325 e. The van der Waals surface area contributed by atoms with Crippen LogP contribution in [0.15, 0.2) is 59.5 Å². The highest BCUT2D eigenvalue weighted by atomic mass is 32.2. The van der Waals surface area contributed by atoms with Gasteiger partial charge >= 0.3 is 6.03 Å². The van der Waals surface area contributed by atoms with Crippen molar-refractivity contribution in [2.24, 2.45) is 0 Å². The van der Waals surface area contributed by atoms with Crippen LogP contribution >= 0.6 is 11.8 Å². The normalized spacial score (nSPS) is 19.2. The molecule has 7 heteroatoms. The van der Waals surface area contributed by atoms with Crippen molar-refractivity contribution < 1.29 is 9.59 Å². The van der Waals surface area contributed by atoms with Gasteiger partial charge < -0.3 is 10.2 Å². The first kappa shape index (κ1) is 23.6. The van der Waals surface area contributed by atoms with E-state index in [0.29, 0.717) is 6.54 Å². The zero-order chi connectivity index (χ0) is 23.0. The van der Waals surface area contributed by atoms with Gasteiger partial charge in [-0.05, 0) is 49.3 Å². The lowest BCUT2D eigenvalue weighted by molar-refractivity contribution is -0.127. The van der Waals surface area contributed by atoms with Gasteiger partial charge in [-0.1, -0.05) is 49.4 Å². The minimum atomic E-state index is -0.551. The molecule has 0 saturated carbocycles. The molecule has 0 aromatic heterocycles. The molecule has 4 rings (SSSR count). The third kappa shape index (κ3) is 5.89. The van der Waals surface area contributed by atoms with Crippen molar-refractivity contribution in [2.45, 2.75) is 37.1 Å². The number of nitrogens with zero attached hydrogens (tertiary/aromatic N) is 3. The maximum absolute atomic E-state index is 12.7. The summed E-state index contributed by atoms with van der Waals surface area (Å²) in [6.07, 6.45) is 3.00. The van der Waals surface area contributed by atoms with E-state index in [9.17, 15) is 9.59 Å². The van der Waals surface area contributed by atoms with Crippen LogP contribution in [0.5, 0.6) is 0 Å². The van der Waals surface area contributed by atoms with E-state index in [1.807, 2.05) is 42.1 Å². The van der Waals surface area contributed by atoms with E-state index < -0.39 is 6.04 Å². The number of hydrogen-bond acceptors (Lipinski definition) is 5. The molecule has 6 nitrogen and oxygen atoms in total. The van der Waals surface area contributed by atoms with E-state index in [2.05, 4.69) is 46.3 Å². The summed E-state index contributed by atoms with van der Waals surface area (Å²) in [6.45, 7) is 7.88. The number of hydrogen-bond donors (Lipinski definition) is 1. The first-order valence-electron chi connectivity index (χ1n) is 12.0. The van der Waals surface area contributed by atoms with Crippen LogP contribution in [0, 0.1) is 0 Å². The monoisotopic (exact) mass is 466 g/mol. The number of nitrogens with one attached hydrogen (secondary N) is 1. The Balaban J connectivity index is 1.19. The van der Waals surface area contributed by atoms with Gasteiger partial charge in [-0.2, -0.15) is 0 Å². The van der Waals surface area contributed by atoms with E-state index in [1.54, 1.807) is 0 Å². The highest BCUT2D eigenvalue weighted by Crippen LogP contribution is 2.31. The summed E-state index contributed by atoms with van der Waals surface area (Å²) >= 11 is 1.95. The molecule has 0 aliphatic carbocycles. The summed E-state index contributed by atoms with van der Waals surface area (Å²) in [5.74, 6) is 1.01. The summed E-state index contributed by atoms with van der Waals surface area (Å²) in [5.41, 5.74) is 2.20. The Morgan fingerprint density at radius 1 is 0.909 bits per heavy atom. The standard InChI is InChI=1S/C26H34N4O2S/c1-2-20-33-23-13-7-6-12-22(23)29-18-16-28(17-19-29)14-8-9-15-30-25(31)24(27-26(30)32)21-10-4-3-5-11-21/h3-7,10-13,24H,2,8-9,14-20H2,1H3,(H,27,32). The van der Waals surface area contributed by atoms with E-state index >= 15 is 0 Å². The second kappa shape index (κ2) is 11.6. The number of unbranched alkanes of at least 4 members (excludes halogenated alkanes) is 1. The van der Waals surface area contributed by atoms with Gasteiger partial charge in [0.15, 0.2) is 0 Å². The lowest BCUT2D eigenvalue weighted by Crippen LogP contribution is -2.46. The van der Waals surface area contributed by atoms with Gasteiger partial charge in [0, 0.05) is 37.6 Å². The second-order valence-electron chi connectivity index (χ2n) is 8.64. The summed E-state index contributed by atoms with van der Waals surface area (Å²) in [7, 11) is 0. The van der Waals surface area contributed by atoms with E-state index in [1.165, 1.54) is 21.9 Å². The number of imide groups is 1. The number of thioether (sulfide) groups is 1. The summed E-state index contributed by atoms with van der Waals surface area (Å²) in [6, 6.07) is 17.4. The zero-order valence-electron chi connectivity index (χ0n) is 19.4. The molecule has 33 heavy (non-hydrogen) atoms. The fourth-order valence-electron chi connectivity index (χ4n) is 4.47. The average molecular weight is 467 g/mol. The molecular formula is C26H34N4O2S. The Morgan fingerprint density at radius 3 is 2.36 bits per heavy atom. The first-order chi connectivity index (χ1) is 16.2. The molecule has 3 amide bonds. The molecule has 1 unspecified atom stereocenters. The molecular weight excluding hydrogens is 432 g/mol. The molecule has 2 fully saturated rings. The molecule has 176 valence electrons. The maximum atomic E-state index is 12.7. The van der Waals surface area contributed by atoms with Crippen molar-refractivity contribution in [3.63, 3.8) is 0 Å². The summed E-state index contributed by atoms with van der Waals surface area (Å²) in [5, 5.41) is 2.82. The molecule has 2 aliphatic heterocycles. The Labute approximate surface area is 201 Å². The van der Waals surface area contributed by atoms with Crippen molar-refractivity contribution in [2.75, 3.05) is 49.9 Å². The van der Waals surface area contributed by atoms with Gasteiger partial charge in [-0.3, -0.25) is 14.6 Å². The number of carbonyl (C=O) groups excluding carboxylic acids is 2. The number of para-hydroxylation sites is 1. The predicted molar refractivity (Wildman–Crippen MR) is 135 cm³/mol. The fourth-order valence-corrected chi connectivity index (χ4v) is 5.42. The molecule has 0 spiro atoms. The van der Waals surface area contributed by atoms with Gasteiger partial charge in [-0.15, -0.1) is 11.8 Å². The zero-order valence-corrected chi connectivity index (χ0v) is 20.2. The minimum absolute atomic E-state index is 0.139. The number of piperazine rings is 1. The summed E-state index contributed by atoms with van der Waals surface area (Å²) < 4.78 is 0. The van der Waals surface area contributed by atoms with Gasteiger partial charge in [0.25, 0.3) is 5.91 Å². The lowest BCUT2D eigenvalue weighted by Gasteiger charge is -2.37. The van der Waals surface area contributed by atoms with Crippen LogP contribution in [0.1, 0.15) is 37.8 Å². The van der Waals surface area contributed by atoms with Crippen molar-refractivity contribution in [1.82, 2.24) is 15.1 Å². The van der Waals surface area contributed by atoms with Crippen molar-refractivity contribution in [3.8, 4) is 0 Å². The van der Waals surface area contributed by atoms with E-state index in [0.717, 1.165) is 56.9 Å². The van der Waals surface area contributed by atoms with Crippen LogP contribution in [0.4, 0.5) is 10.5 Å². The average Bonchev–Trinajstić information content (AvgIpc) is 3.15. The van der Waals surface area contributed by atoms with Gasteiger partial charge in [0.05, 0.1) is 5.69 Å². The summed E-state index contributed by atoms with van der Waals surface area (Å²) in [4.78, 5) is 32.8. The number of urea groups is 1. The molecule has 2 aromatic carbocycles. The van der Waals surface area contributed by atoms with E-state index in [-0.39, 0.29) is 11.9 Å². The van der Waals surface area contributed by atoms with Crippen molar-refractivity contribution in [1.29, 1.82) is 0 Å². The molecule has 2 aromatic rings. The number of amides is 3. The molecule has 2 heterocycles. The Morgan fingerprint density at radius 2 is 1.61 bits per heavy atom. The quantitative estimate of drug-likeness (QED) is 0.320. The number of anilines is 1. The number of carbonyl (C=O) groups is 2. The first-order valence-corrected chi connectivity index (χ1v) is 13.0. The van der Waals surface area contributed by atoms with Crippen molar-refractivity contribution >= 4 is 29.4 Å². The van der Waals surface area contributed by atoms with Crippen molar-refractivity contribution in [3.05, 3.63) is 60.2 Å². The fraction of sp³-hybridized carbons (Fsp3) is 0.462.